The normalized spacial score (nSPS) is 19.9. The lowest BCUT2D eigenvalue weighted by Gasteiger charge is -2.22. The average Bonchev–Trinajstić information content (AvgIpc) is 2.83. The monoisotopic (exact) mass is 243 g/mol. The molecule has 1 atom stereocenters. The van der Waals surface area contributed by atoms with Crippen molar-refractivity contribution in [1.82, 2.24) is 9.99 Å². The number of carbonyl (C=O) groups is 1. The molecule has 1 aliphatic heterocycles. The van der Waals surface area contributed by atoms with Gasteiger partial charge in [0.2, 0.25) is 5.91 Å². The Morgan fingerprint density at radius 2 is 2.22 bits per heavy atom. The van der Waals surface area contributed by atoms with Gasteiger partial charge in [0.25, 0.3) is 0 Å². The summed E-state index contributed by atoms with van der Waals surface area (Å²) in [5.41, 5.74) is 4.01. The minimum Gasteiger partial charge on any atom is -0.316 e. The number of piperidine rings is 1. The van der Waals surface area contributed by atoms with Crippen LogP contribution >= 0.6 is 0 Å². The van der Waals surface area contributed by atoms with E-state index in [1.165, 1.54) is 0 Å². The molecule has 2 heterocycles. The predicted molar refractivity (Wildman–Crippen MR) is 71.9 cm³/mol. The minimum atomic E-state index is 0.0833. The molecule has 0 bridgehead atoms. The maximum absolute atomic E-state index is 12.1. The van der Waals surface area contributed by atoms with Crippen LogP contribution in [0.25, 0.3) is 10.9 Å². The van der Waals surface area contributed by atoms with E-state index in [1.54, 1.807) is 0 Å². The maximum Gasteiger partial charge on any atom is 0.243 e. The zero-order valence-corrected chi connectivity index (χ0v) is 10.2. The van der Waals surface area contributed by atoms with Gasteiger partial charge in [0.05, 0.1) is 11.4 Å². The fraction of sp³-hybridized carbons (Fsp3) is 0.357. The highest BCUT2D eigenvalue weighted by Crippen LogP contribution is 2.15. The van der Waals surface area contributed by atoms with Crippen LogP contribution in [0.1, 0.15) is 12.8 Å². The van der Waals surface area contributed by atoms with Crippen LogP contribution in [-0.2, 0) is 4.79 Å². The lowest BCUT2D eigenvalue weighted by atomic mass is 9.99. The van der Waals surface area contributed by atoms with Crippen molar-refractivity contribution in [1.29, 1.82) is 0 Å². The summed E-state index contributed by atoms with van der Waals surface area (Å²) < 4.78 is 1.81. The molecule has 0 spiro atoms. The molecule has 94 valence electrons. The van der Waals surface area contributed by atoms with E-state index < -0.39 is 0 Å². The van der Waals surface area contributed by atoms with Gasteiger partial charge in [0.15, 0.2) is 0 Å². The van der Waals surface area contributed by atoms with Gasteiger partial charge in [-0.1, -0.05) is 18.2 Å². The van der Waals surface area contributed by atoms with Crippen molar-refractivity contribution >= 4 is 16.8 Å². The van der Waals surface area contributed by atoms with Crippen molar-refractivity contribution in [3.8, 4) is 0 Å². The second-order valence-electron chi connectivity index (χ2n) is 4.76. The standard InChI is InChI=1S/C14H17N3O/c18-14(12-5-3-8-15-10-12)16-17-9-7-11-4-1-2-6-13(11)17/h1-2,4,6-7,9,12,15H,3,5,8,10H2,(H,16,18). The lowest BCUT2D eigenvalue weighted by molar-refractivity contribution is -0.121. The van der Waals surface area contributed by atoms with Crippen LogP contribution in [0, 0.1) is 5.92 Å². The van der Waals surface area contributed by atoms with Crippen molar-refractivity contribution in [2.75, 3.05) is 18.5 Å². The quantitative estimate of drug-likeness (QED) is 0.843. The molecule has 0 saturated carbocycles. The number of nitrogens with one attached hydrogen (secondary N) is 2. The Labute approximate surface area is 106 Å². The molecular weight excluding hydrogens is 226 g/mol. The first-order valence-electron chi connectivity index (χ1n) is 6.42. The van der Waals surface area contributed by atoms with E-state index in [0.717, 1.165) is 36.8 Å². The second kappa shape index (κ2) is 4.82. The Morgan fingerprint density at radius 1 is 1.33 bits per heavy atom. The summed E-state index contributed by atoms with van der Waals surface area (Å²) in [5, 5.41) is 4.40. The van der Waals surface area contributed by atoms with Gasteiger partial charge >= 0.3 is 0 Å². The number of nitrogens with zero attached hydrogens (tertiary/aromatic N) is 1. The number of amides is 1. The zero-order valence-electron chi connectivity index (χ0n) is 10.2. The third kappa shape index (κ3) is 2.11. The van der Waals surface area contributed by atoms with Crippen molar-refractivity contribution in [3.63, 3.8) is 0 Å². The van der Waals surface area contributed by atoms with Gasteiger partial charge in [-0.3, -0.25) is 14.9 Å². The first-order valence-corrected chi connectivity index (χ1v) is 6.42. The molecule has 18 heavy (non-hydrogen) atoms. The molecule has 3 rings (SSSR count). The highest BCUT2D eigenvalue weighted by atomic mass is 16.2. The lowest BCUT2D eigenvalue weighted by Crippen LogP contribution is -2.39. The Kier molecular flexibility index (Phi) is 3.02. The van der Waals surface area contributed by atoms with Crippen molar-refractivity contribution < 1.29 is 4.79 Å². The predicted octanol–water partition coefficient (Wildman–Crippen LogP) is 1.71. The molecule has 4 nitrogen and oxygen atoms in total. The van der Waals surface area contributed by atoms with Gasteiger partial charge in [0, 0.05) is 18.1 Å². The van der Waals surface area contributed by atoms with Crippen LogP contribution in [-0.4, -0.2) is 23.7 Å². The van der Waals surface area contributed by atoms with Crippen molar-refractivity contribution in [2.24, 2.45) is 5.92 Å². The number of hydrogen-bond donors (Lipinski definition) is 2. The number of benzene rings is 1. The second-order valence-corrected chi connectivity index (χ2v) is 4.76. The first-order chi connectivity index (χ1) is 8.84. The van der Waals surface area contributed by atoms with E-state index in [2.05, 4.69) is 10.7 Å². The smallest absolute Gasteiger partial charge is 0.243 e. The van der Waals surface area contributed by atoms with Gasteiger partial charge in [-0.25, -0.2) is 0 Å². The van der Waals surface area contributed by atoms with Gasteiger partial charge in [0.1, 0.15) is 0 Å². The number of para-hydroxylation sites is 1. The summed E-state index contributed by atoms with van der Waals surface area (Å²) in [5.74, 6) is 0.184. The third-order valence-corrected chi connectivity index (χ3v) is 3.50. The molecule has 1 aliphatic rings. The fourth-order valence-corrected chi connectivity index (χ4v) is 2.47. The Bertz CT molecular complexity index is 555. The van der Waals surface area contributed by atoms with Crippen LogP contribution in [0.4, 0.5) is 0 Å². The molecule has 0 aliphatic carbocycles. The maximum atomic E-state index is 12.1. The SMILES string of the molecule is O=C(Nn1ccc2ccccc21)C1CCCNC1. The van der Waals surface area contributed by atoms with Crippen LogP contribution in [0.15, 0.2) is 36.5 Å². The molecule has 2 aromatic rings. The molecule has 1 unspecified atom stereocenters. The number of rotatable bonds is 2. The Balaban J connectivity index is 1.77. The molecule has 1 aromatic heterocycles. The number of hydrogen-bond acceptors (Lipinski definition) is 2. The molecule has 1 saturated heterocycles. The first kappa shape index (κ1) is 11.3. The van der Waals surface area contributed by atoms with Crippen LogP contribution < -0.4 is 10.7 Å². The molecule has 0 radical (unpaired) electrons. The zero-order chi connectivity index (χ0) is 12.4. The molecule has 4 heteroatoms. The Morgan fingerprint density at radius 3 is 3.06 bits per heavy atom. The minimum absolute atomic E-state index is 0.0833. The molecule has 1 fully saturated rings. The van der Waals surface area contributed by atoms with E-state index in [-0.39, 0.29) is 11.8 Å². The molecule has 1 amide bonds. The Hall–Kier alpha value is -1.81. The largest absolute Gasteiger partial charge is 0.316 e. The van der Waals surface area contributed by atoms with E-state index in [0.29, 0.717) is 0 Å². The van der Waals surface area contributed by atoms with Gasteiger partial charge in [-0.15, -0.1) is 0 Å². The summed E-state index contributed by atoms with van der Waals surface area (Å²) in [6.45, 7) is 1.81. The summed E-state index contributed by atoms with van der Waals surface area (Å²) in [4.78, 5) is 12.1. The molecule has 2 N–H and O–H groups in total. The van der Waals surface area contributed by atoms with E-state index in [9.17, 15) is 4.79 Å². The molecule has 1 aromatic carbocycles. The fourth-order valence-electron chi connectivity index (χ4n) is 2.47. The van der Waals surface area contributed by atoms with Gasteiger partial charge in [-0.2, -0.15) is 0 Å². The van der Waals surface area contributed by atoms with E-state index in [1.807, 2.05) is 41.2 Å². The summed E-state index contributed by atoms with van der Waals surface area (Å²) >= 11 is 0. The summed E-state index contributed by atoms with van der Waals surface area (Å²) in [6, 6.07) is 10.0. The van der Waals surface area contributed by atoms with Gasteiger partial charge in [-0.05, 0) is 31.5 Å². The van der Waals surface area contributed by atoms with Crippen molar-refractivity contribution in [3.05, 3.63) is 36.5 Å². The van der Waals surface area contributed by atoms with E-state index in [4.69, 9.17) is 0 Å². The number of carbonyl (C=O) groups excluding carboxylic acids is 1. The molecular formula is C14H17N3O. The topological polar surface area (TPSA) is 46.1 Å². The summed E-state index contributed by atoms with van der Waals surface area (Å²) in [6.07, 6.45) is 3.95. The summed E-state index contributed by atoms with van der Waals surface area (Å²) in [7, 11) is 0. The van der Waals surface area contributed by atoms with Crippen LogP contribution in [0.3, 0.4) is 0 Å². The van der Waals surface area contributed by atoms with Crippen LogP contribution in [0.2, 0.25) is 0 Å². The number of fused-ring (bicyclic) bond motifs is 1. The van der Waals surface area contributed by atoms with Crippen LogP contribution in [0.5, 0.6) is 0 Å². The average molecular weight is 243 g/mol. The van der Waals surface area contributed by atoms with E-state index >= 15 is 0 Å². The third-order valence-electron chi connectivity index (χ3n) is 3.50. The van der Waals surface area contributed by atoms with Crippen molar-refractivity contribution in [2.45, 2.75) is 12.8 Å². The highest BCUT2D eigenvalue weighted by Gasteiger charge is 2.21. The highest BCUT2D eigenvalue weighted by molar-refractivity contribution is 5.89. The number of aromatic nitrogens is 1. The van der Waals surface area contributed by atoms with Gasteiger partial charge < -0.3 is 5.32 Å².